The molecule has 0 amide bonds. The Labute approximate surface area is 181 Å². The Balaban J connectivity index is 1.62. The summed E-state index contributed by atoms with van der Waals surface area (Å²) in [7, 11) is 0. The third kappa shape index (κ3) is 6.54. The monoisotopic (exact) mass is 430 g/mol. The average molecular weight is 431 g/mol. The van der Waals surface area contributed by atoms with E-state index in [1.165, 1.54) is 6.07 Å². The number of hydrogen-bond donors (Lipinski definition) is 1. The Morgan fingerprint density at radius 3 is 2.80 bits per heavy atom. The minimum Gasteiger partial charge on any atom is -0.390 e. The molecule has 7 heteroatoms. The van der Waals surface area contributed by atoms with Crippen LogP contribution in [0.15, 0.2) is 53.7 Å². The maximum absolute atomic E-state index is 14.2. The van der Waals surface area contributed by atoms with E-state index in [9.17, 15) is 9.50 Å². The van der Waals surface area contributed by atoms with Gasteiger partial charge in [0.25, 0.3) is 0 Å². The van der Waals surface area contributed by atoms with E-state index in [1.54, 1.807) is 18.2 Å². The van der Waals surface area contributed by atoms with E-state index >= 15 is 0 Å². The van der Waals surface area contributed by atoms with Gasteiger partial charge < -0.3 is 14.7 Å². The molecule has 0 saturated heterocycles. The molecule has 0 spiro atoms. The van der Waals surface area contributed by atoms with Crippen LogP contribution in [0.3, 0.4) is 0 Å². The van der Waals surface area contributed by atoms with Crippen LogP contribution in [-0.2, 0) is 16.1 Å². The summed E-state index contributed by atoms with van der Waals surface area (Å²) in [6.45, 7) is 1.33. The summed E-state index contributed by atoms with van der Waals surface area (Å²) in [6.07, 6.45) is 4.81. The van der Waals surface area contributed by atoms with Crippen LogP contribution in [0, 0.1) is 18.2 Å². The normalized spacial score (nSPS) is 16.8. The summed E-state index contributed by atoms with van der Waals surface area (Å²) in [5.74, 6) is 2.08. The van der Waals surface area contributed by atoms with E-state index in [0.29, 0.717) is 30.1 Å². The molecule has 0 fully saturated rings. The third-order valence-corrected chi connectivity index (χ3v) is 4.94. The number of benzene rings is 2. The van der Waals surface area contributed by atoms with Gasteiger partial charge in [0.1, 0.15) is 18.5 Å². The van der Waals surface area contributed by atoms with Crippen molar-refractivity contribution >= 4 is 17.3 Å². The van der Waals surface area contributed by atoms with Gasteiger partial charge in [-0.15, -0.1) is 6.42 Å². The minimum atomic E-state index is -0.761. The second-order valence-electron chi connectivity index (χ2n) is 7.13. The van der Waals surface area contributed by atoms with Gasteiger partial charge in [-0.25, -0.2) is 4.39 Å². The van der Waals surface area contributed by atoms with E-state index in [4.69, 9.17) is 27.6 Å². The van der Waals surface area contributed by atoms with Crippen molar-refractivity contribution in [1.82, 2.24) is 4.90 Å². The zero-order chi connectivity index (χ0) is 21.3. The lowest BCUT2D eigenvalue weighted by Gasteiger charge is -2.27. The summed E-state index contributed by atoms with van der Waals surface area (Å²) in [5, 5.41) is 15.2. The zero-order valence-electron chi connectivity index (χ0n) is 16.5. The van der Waals surface area contributed by atoms with Crippen LogP contribution in [0.25, 0.3) is 0 Å². The van der Waals surface area contributed by atoms with E-state index < -0.39 is 6.10 Å². The largest absolute Gasteiger partial charge is 0.390 e. The van der Waals surface area contributed by atoms with Crippen LogP contribution in [0.2, 0.25) is 5.02 Å². The Morgan fingerprint density at radius 2 is 2.07 bits per heavy atom. The molecule has 1 N–H and O–H groups in total. The topological polar surface area (TPSA) is 54.3 Å². The Hall–Kier alpha value is -2.43. The van der Waals surface area contributed by atoms with Gasteiger partial charge in [-0.05, 0) is 23.8 Å². The fourth-order valence-electron chi connectivity index (χ4n) is 3.30. The highest BCUT2D eigenvalue weighted by Gasteiger charge is 2.26. The van der Waals surface area contributed by atoms with E-state index in [1.807, 2.05) is 29.2 Å². The first-order valence-corrected chi connectivity index (χ1v) is 10.1. The lowest BCUT2D eigenvalue weighted by atomic mass is 10.0. The smallest absolute Gasteiger partial charge is 0.145 e. The highest BCUT2D eigenvalue weighted by atomic mass is 35.5. The van der Waals surface area contributed by atoms with Gasteiger partial charge in [0, 0.05) is 36.6 Å². The standard InChI is InChI=1S/C23H24ClFN2O3/c1-2-11-29-16-20(28)14-27(13-18-5-3-4-6-22(18)25)15-21-12-23(26-30-21)17-7-9-19(24)10-8-17/h1,3-10,20-21,28H,11-16H2. The van der Waals surface area contributed by atoms with Crippen molar-refractivity contribution in [3.8, 4) is 12.3 Å². The molecule has 1 aliphatic rings. The van der Waals surface area contributed by atoms with Gasteiger partial charge in [-0.2, -0.15) is 0 Å². The number of ether oxygens (including phenoxy) is 1. The molecule has 2 atom stereocenters. The fraction of sp³-hybridized carbons (Fsp3) is 0.348. The maximum atomic E-state index is 14.2. The van der Waals surface area contributed by atoms with Gasteiger partial charge >= 0.3 is 0 Å². The summed E-state index contributed by atoms with van der Waals surface area (Å²) >= 11 is 5.95. The fourth-order valence-corrected chi connectivity index (χ4v) is 3.43. The van der Waals surface area contributed by atoms with E-state index in [-0.39, 0.29) is 31.7 Å². The van der Waals surface area contributed by atoms with Crippen LogP contribution < -0.4 is 0 Å². The quantitative estimate of drug-likeness (QED) is 0.463. The first kappa shape index (κ1) is 22.3. The molecule has 0 bridgehead atoms. The SMILES string of the molecule is C#CCOCC(O)CN(Cc1ccccc1F)CC1CC(c2ccc(Cl)cc2)=NO1. The predicted octanol–water partition coefficient (Wildman–Crippen LogP) is 3.49. The van der Waals surface area contributed by atoms with Crippen LogP contribution in [-0.4, -0.2) is 54.2 Å². The summed E-state index contributed by atoms with van der Waals surface area (Å²) in [5.41, 5.74) is 2.33. The molecule has 5 nitrogen and oxygen atoms in total. The number of terminal acetylenes is 1. The van der Waals surface area contributed by atoms with Gasteiger partial charge in [0.15, 0.2) is 0 Å². The van der Waals surface area contributed by atoms with Crippen molar-refractivity contribution in [1.29, 1.82) is 0 Å². The Kier molecular flexibility index (Phi) is 8.23. The van der Waals surface area contributed by atoms with Gasteiger partial charge in [0.2, 0.25) is 0 Å². The summed E-state index contributed by atoms with van der Waals surface area (Å²) in [4.78, 5) is 7.55. The second kappa shape index (κ2) is 11.1. The lowest BCUT2D eigenvalue weighted by Crippen LogP contribution is -2.39. The third-order valence-electron chi connectivity index (χ3n) is 4.69. The molecule has 2 aromatic carbocycles. The molecular weight excluding hydrogens is 407 g/mol. The molecule has 30 heavy (non-hydrogen) atoms. The molecule has 1 heterocycles. The molecule has 0 aromatic heterocycles. The van der Waals surface area contributed by atoms with Gasteiger partial charge in [-0.3, -0.25) is 4.90 Å². The predicted molar refractivity (Wildman–Crippen MR) is 115 cm³/mol. The van der Waals surface area contributed by atoms with Crippen LogP contribution in [0.1, 0.15) is 17.5 Å². The van der Waals surface area contributed by atoms with Crippen LogP contribution in [0.5, 0.6) is 0 Å². The number of hydrogen-bond acceptors (Lipinski definition) is 5. The van der Waals surface area contributed by atoms with Crippen LogP contribution >= 0.6 is 11.6 Å². The molecule has 0 radical (unpaired) electrons. The highest BCUT2D eigenvalue weighted by molar-refractivity contribution is 6.30. The van der Waals surface area contributed by atoms with E-state index in [2.05, 4.69) is 11.1 Å². The molecular formula is C23H24ClFN2O3. The van der Waals surface area contributed by atoms with Crippen molar-refractivity contribution in [3.63, 3.8) is 0 Å². The summed E-state index contributed by atoms with van der Waals surface area (Å²) < 4.78 is 19.4. The van der Waals surface area contributed by atoms with E-state index in [0.717, 1.165) is 11.3 Å². The molecule has 2 unspecified atom stereocenters. The van der Waals surface area contributed by atoms with Crippen molar-refractivity contribution in [2.24, 2.45) is 5.16 Å². The number of oxime groups is 1. The minimum absolute atomic E-state index is 0.107. The van der Waals surface area contributed by atoms with Gasteiger partial charge in [0.05, 0.1) is 18.4 Å². The zero-order valence-corrected chi connectivity index (χ0v) is 17.3. The molecule has 0 saturated carbocycles. The second-order valence-corrected chi connectivity index (χ2v) is 7.57. The first-order valence-electron chi connectivity index (χ1n) is 9.69. The maximum Gasteiger partial charge on any atom is 0.145 e. The highest BCUT2D eigenvalue weighted by Crippen LogP contribution is 2.20. The molecule has 3 rings (SSSR count). The number of aliphatic hydroxyl groups excluding tert-OH is 1. The van der Waals surface area contributed by atoms with Crippen molar-refractivity contribution in [2.75, 3.05) is 26.3 Å². The number of nitrogens with zero attached hydrogens (tertiary/aromatic N) is 2. The molecule has 1 aliphatic heterocycles. The molecule has 2 aromatic rings. The Bertz CT molecular complexity index is 898. The van der Waals surface area contributed by atoms with Gasteiger partial charge in [-0.1, -0.05) is 53.0 Å². The lowest BCUT2D eigenvalue weighted by molar-refractivity contribution is 0.00392. The van der Waals surface area contributed by atoms with Crippen molar-refractivity contribution in [3.05, 3.63) is 70.5 Å². The Morgan fingerprint density at radius 1 is 1.30 bits per heavy atom. The van der Waals surface area contributed by atoms with Crippen LogP contribution in [0.4, 0.5) is 4.39 Å². The number of halogens is 2. The van der Waals surface area contributed by atoms with Crippen molar-refractivity contribution in [2.45, 2.75) is 25.2 Å². The molecule has 158 valence electrons. The summed E-state index contributed by atoms with van der Waals surface area (Å²) in [6, 6.07) is 14.0. The average Bonchev–Trinajstić information content (AvgIpc) is 3.19. The first-order chi connectivity index (χ1) is 14.5. The van der Waals surface area contributed by atoms with Crippen molar-refractivity contribution < 1.29 is 19.1 Å². The number of aliphatic hydroxyl groups is 1. The number of rotatable bonds is 10. The molecule has 0 aliphatic carbocycles.